The monoisotopic (exact) mass is 281 g/mol. The summed E-state index contributed by atoms with van der Waals surface area (Å²) in [5.74, 6) is -2.37. The highest BCUT2D eigenvalue weighted by atomic mass is 19.2. The molecule has 2 aromatic rings. The van der Waals surface area contributed by atoms with Crippen LogP contribution in [0, 0.1) is 17.5 Å². The van der Waals surface area contributed by atoms with Gasteiger partial charge >= 0.3 is 0 Å². The third kappa shape index (κ3) is 3.01. The van der Waals surface area contributed by atoms with Crippen LogP contribution in [0.25, 0.3) is 0 Å². The van der Waals surface area contributed by atoms with Crippen molar-refractivity contribution in [1.29, 1.82) is 0 Å². The van der Waals surface area contributed by atoms with E-state index in [9.17, 15) is 13.2 Å². The van der Waals surface area contributed by atoms with Gasteiger partial charge in [-0.15, -0.1) is 0 Å². The van der Waals surface area contributed by atoms with Crippen LogP contribution >= 0.6 is 0 Å². The van der Waals surface area contributed by atoms with E-state index in [0.717, 1.165) is 6.07 Å². The van der Waals surface area contributed by atoms with Crippen molar-refractivity contribution in [2.45, 2.75) is 6.54 Å². The first kappa shape index (κ1) is 14.2. The molecule has 0 saturated heterocycles. The van der Waals surface area contributed by atoms with E-state index >= 15 is 0 Å². The topological polar surface area (TPSA) is 28.2 Å². The number of hydrogen-bond acceptors (Lipinski definition) is 3. The van der Waals surface area contributed by atoms with Crippen molar-refractivity contribution in [1.82, 2.24) is 4.98 Å². The maximum Gasteiger partial charge on any atom is 0.161 e. The lowest BCUT2D eigenvalue weighted by Gasteiger charge is -2.17. The summed E-state index contributed by atoms with van der Waals surface area (Å²) in [5.41, 5.74) is 0.735. The molecule has 20 heavy (non-hydrogen) atoms. The van der Waals surface area contributed by atoms with Crippen molar-refractivity contribution in [3.05, 3.63) is 53.5 Å². The molecule has 0 amide bonds. The zero-order chi connectivity index (χ0) is 14.7. The first-order chi connectivity index (χ1) is 9.49. The van der Waals surface area contributed by atoms with Gasteiger partial charge in [0.2, 0.25) is 0 Å². The predicted molar refractivity (Wildman–Crippen MR) is 72.2 cm³/mol. The summed E-state index contributed by atoms with van der Waals surface area (Å²) in [4.78, 5) is 5.98. The van der Waals surface area contributed by atoms with Crippen LogP contribution in [0.1, 0.15) is 5.56 Å². The van der Waals surface area contributed by atoms with Gasteiger partial charge in [-0.1, -0.05) is 0 Å². The first-order valence-electron chi connectivity index (χ1n) is 5.98. The van der Waals surface area contributed by atoms with Gasteiger partial charge in [0.1, 0.15) is 5.82 Å². The average molecular weight is 281 g/mol. The Hall–Kier alpha value is -2.24. The molecule has 106 valence electrons. The minimum atomic E-state index is -1.19. The van der Waals surface area contributed by atoms with E-state index in [4.69, 9.17) is 0 Å². The normalized spacial score (nSPS) is 10.4. The minimum absolute atomic E-state index is 0.0373. The van der Waals surface area contributed by atoms with Crippen molar-refractivity contribution >= 4 is 11.5 Å². The second kappa shape index (κ2) is 5.81. The molecular weight excluding hydrogens is 267 g/mol. The Labute approximate surface area is 115 Å². The van der Waals surface area contributed by atoms with Crippen molar-refractivity contribution in [3.8, 4) is 0 Å². The Balaban J connectivity index is 2.19. The average Bonchev–Trinajstić information content (AvgIpc) is 2.41. The second-order valence-corrected chi connectivity index (χ2v) is 4.48. The molecule has 0 fully saturated rings. The fraction of sp³-hybridized carbons (Fsp3) is 0.214. The first-order valence-corrected chi connectivity index (χ1v) is 5.98. The molecule has 6 heteroatoms. The Kier molecular flexibility index (Phi) is 4.12. The molecule has 1 aromatic carbocycles. The largest absolute Gasteiger partial charge is 0.378 e. The summed E-state index contributed by atoms with van der Waals surface area (Å²) in [6.07, 6.45) is 1.64. The van der Waals surface area contributed by atoms with Crippen LogP contribution in [0.4, 0.5) is 24.7 Å². The van der Waals surface area contributed by atoms with E-state index < -0.39 is 17.5 Å². The molecule has 0 spiro atoms. The van der Waals surface area contributed by atoms with Gasteiger partial charge in [-0.3, -0.25) is 0 Å². The van der Waals surface area contributed by atoms with Crippen LogP contribution in [0.3, 0.4) is 0 Å². The molecule has 1 aromatic heterocycles. The molecule has 0 radical (unpaired) electrons. The highest BCUT2D eigenvalue weighted by molar-refractivity contribution is 5.64. The van der Waals surface area contributed by atoms with Gasteiger partial charge in [-0.05, 0) is 18.2 Å². The van der Waals surface area contributed by atoms with Crippen LogP contribution < -0.4 is 10.2 Å². The maximum atomic E-state index is 13.5. The zero-order valence-corrected chi connectivity index (χ0v) is 11.1. The van der Waals surface area contributed by atoms with E-state index in [0.29, 0.717) is 17.6 Å². The summed E-state index contributed by atoms with van der Waals surface area (Å²) < 4.78 is 39.5. The molecule has 1 N–H and O–H groups in total. The molecule has 0 aliphatic carbocycles. The van der Waals surface area contributed by atoms with Crippen LogP contribution in [0.15, 0.2) is 30.5 Å². The molecule has 2 rings (SSSR count). The summed E-state index contributed by atoms with van der Waals surface area (Å²) in [5, 5.41) is 2.97. The quantitative estimate of drug-likeness (QED) is 0.872. The molecular formula is C14H14F3N3. The van der Waals surface area contributed by atoms with Crippen LogP contribution in [-0.4, -0.2) is 19.1 Å². The highest BCUT2D eigenvalue weighted by Gasteiger charge is 2.11. The fourth-order valence-corrected chi connectivity index (χ4v) is 1.78. The van der Waals surface area contributed by atoms with Gasteiger partial charge in [0.05, 0.1) is 5.69 Å². The molecule has 0 saturated carbocycles. The van der Waals surface area contributed by atoms with Crippen LogP contribution in [-0.2, 0) is 6.54 Å². The number of benzene rings is 1. The van der Waals surface area contributed by atoms with Crippen LogP contribution in [0.5, 0.6) is 0 Å². The lowest BCUT2D eigenvalue weighted by molar-refractivity contribution is 0.490. The predicted octanol–water partition coefficient (Wildman–Crippen LogP) is 3.18. The number of nitrogens with one attached hydrogen (secondary N) is 1. The van der Waals surface area contributed by atoms with Gasteiger partial charge in [0, 0.05) is 38.5 Å². The van der Waals surface area contributed by atoms with Crippen molar-refractivity contribution in [3.63, 3.8) is 0 Å². The van der Waals surface area contributed by atoms with Gasteiger partial charge in [0.25, 0.3) is 0 Å². The number of rotatable bonds is 4. The highest BCUT2D eigenvalue weighted by Crippen LogP contribution is 2.22. The third-order valence-electron chi connectivity index (χ3n) is 2.77. The van der Waals surface area contributed by atoms with Crippen molar-refractivity contribution < 1.29 is 13.2 Å². The van der Waals surface area contributed by atoms with E-state index in [1.165, 1.54) is 0 Å². The number of halogens is 3. The lowest BCUT2D eigenvalue weighted by atomic mass is 10.2. The SMILES string of the molecule is CN(C)c1ncccc1NCc1cc(F)c(F)cc1F. The molecule has 0 unspecified atom stereocenters. The fourth-order valence-electron chi connectivity index (χ4n) is 1.78. The Morgan fingerprint density at radius 3 is 2.50 bits per heavy atom. The Morgan fingerprint density at radius 1 is 1.10 bits per heavy atom. The molecule has 0 aliphatic rings. The van der Waals surface area contributed by atoms with E-state index in [1.807, 2.05) is 14.1 Å². The van der Waals surface area contributed by atoms with Gasteiger partial charge < -0.3 is 10.2 Å². The summed E-state index contributed by atoms with van der Waals surface area (Å²) in [6.45, 7) is 0.0373. The van der Waals surface area contributed by atoms with Gasteiger partial charge in [0.15, 0.2) is 17.5 Å². The Morgan fingerprint density at radius 2 is 1.80 bits per heavy atom. The molecule has 0 aliphatic heterocycles. The number of hydrogen-bond donors (Lipinski definition) is 1. The van der Waals surface area contributed by atoms with E-state index in [-0.39, 0.29) is 12.1 Å². The van der Waals surface area contributed by atoms with Crippen molar-refractivity contribution in [2.75, 3.05) is 24.3 Å². The van der Waals surface area contributed by atoms with E-state index in [2.05, 4.69) is 10.3 Å². The third-order valence-corrected chi connectivity index (χ3v) is 2.77. The standard InChI is InChI=1S/C14H14F3N3/c1-20(2)14-13(4-3-5-18-14)19-8-9-6-11(16)12(17)7-10(9)15/h3-7,19H,8H2,1-2H3. The summed E-state index contributed by atoms with van der Waals surface area (Å²) in [6, 6.07) is 4.91. The van der Waals surface area contributed by atoms with E-state index in [1.54, 1.807) is 23.2 Å². The lowest BCUT2D eigenvalue weighted by Crippen LogP contribution is -2.14. The molecule has 3 nitrogen and oxygen atoms in total. The molecule has 1 heterocycles. The van der Waals surface area contributed by atoms with Gasteiger partial charge in [-0.2, -0.15) is 0 Å². The number of pyridine rings is 1. The minimum Gasteiger partial charge on any atom is -0.378 e. The summed E-state index contributed by atoms with van der Waals surface area (Å²) >= 11 is 0. The Bertz CT molecular complexity index is 615. The number of anilines is 2. The summed E-state index contributed by atoms with van der Waals surface area (Å²) in [7, 11) is 3.65. The molecule has 0 atom stereocenters. The molecule has 0 bridgehead atoms. The van der Waals surface area contributed by atoms with Gasteiger partial charge in [-0.25, -0.2) is 18.2 Å². The smallest absolute Gasteiger partial charge is 0.161 e. The second-order valence-electron chi connectivity index (χ2n) is 4.48. The van der Waals surface area contributed by atoms with Crippen LogP contribution in [0.2, 0.25) is 0 Å². The zero-order valence-electron chi connectivity index (χ0n) is 11.1. The maximum absolute atomic E-state index is 13.5. The number of nitrogens with zero attached hydrogens (tertiary/aromatic N) is 2. The van der Waals surface area contributed by atoms with Crippen molar-refractivity contribution in [2.24, 2.45) is 0 Å². The number of aromatic nitrogens is 1.